The van der Waals surface area contributed by atoms with E-state index in [9.17, 15) is 9.90 Å². The zero-order chi connectivity index (χ0) is 21.4. The smallest absolute Gasteiger partial charge is 0.186 e. The average molecular weight is 452 g/mol. The number of rotatable bonds is 4. The van der Waals surface area contributed by atoms with E-state index in [0.717, 1.165) is 62.0 Å². The minimum atomic E-state index is 0.0516. The first-order chi connectivity index (χ1) is 14.4. The van der Waals surface area contributed by atoms with Crippen LogP contribution in [-0.2, 0) is 4.79 Å². The number of carbonyl (C=O) groups is 1. The third-order valence-electron chi connectivity index (χ3n) is 8.66. The third kappa shape index (κ3) is 3.73. The summed E-state index contributed by atoms with van der Waals surface area (Å²) in [6, 6.07) is 0.133. The van der Waals surface area contributed by atoms with Crippen LogP contribution < -0.4 is 11.5 Å². The van der Waals surface area contributed by atoms with Crippen LogP contribution in [0.5, 0.6) is 0 Å². The van der Waals surface area contributed by atoms with Crippen molar-refractivity contribution in [2.45, 2.75) is 77.2 Å². The molecular weight excluding hydrogens is 414 g/mol. The van der Waals surface area contributed by atoms with E-state index in [2.05, 4.69) is 11.9 Å². The molecule has 5 nitrogen and oxygen atoms in total. The zero-order valence-electron chi connectivity index (χ0n) is 18.2. The summed E-state index contributed by atoms with van der Waals surface area (Å²) < 4.78 is 0. The number of hydrogen-bond donors (Lipinski definition) is 3. The highest BCUT2D eigenvalue weighted by atomic mass is 33.1. The Hall–Kier alpha value is -0.660. The second-order valence-electron chi connectivity index (χ2n) is 9.94. The van der Waals surface area contributed by atoms with Gasteiger partial charge in [-0.05, 0) is 80.6 Å². The van der Waals surface area contributed by atoms with Crippen LogP contribution in [0.25, 0.3) is 0 Å². The molecule has 5 bridgehead atoms. The van der Waals surface area contributed by atoms with E-state index in [1.807, 2.05) is 21.6 Å². The first kappa shape index (κ1) is 22.5. The van der Waals surface area contributed by atoms with Gasteiger partial charge in [-0.3, -0.25) is 4.79 Å². The molecule has 0 aromatic heterocycles. The first-order valence-electron chi connectivity index (χ1n) is 11.6. The molecule has 0 unspecified atom stereocenters. The van der Waals surface area contributed by atoms with Gasteiger partial charge in [0.05, 0.1) is 6.04 Å². The van der Waals surface area contributed by atoms with Crippen molar-refractivity contribution >= 4 is 33.3 Å². The van der Waals surface area contributed by atoms with Crippen molar-refractivity contribution < 1.29 is 9.90 Å². The minimum absolute atomic E-state index is 0.0516. The number of carbonyl (C=O) groups excluding carboxylic acids is 1. The highest BCUT2D eigenvalue weighted by Crippen LogP contribution is 2.74. The van der Waals surface area contributed by atoms with E-state index in [1.165, 1.54) is 24.8 Å². The molecule has 2 saturated carbocycles. The number of aliphatic hydroxyl groups excluding tert-OH is 1. The standard InChI is InChI=1S/C23H37N3O2S2/c1-22-9-11-29-30-14-17(26-21(24)25)5-2-6-18-19-12-16(22)8-7-15(4-3-10-27)23(19,22)13-20(18)28/h15-17,27H,2-14H2,1H3,(H4,24,25,26)/t15-,16-,17+,22+,23+/m1/s1. The first-order valence-corrected chi connectivity index (χ1v) is 14.1. The number of guanidine groups is 1. The molecule has 168 valence electrons. The lowest BCUT2D eigenvalue weighted by molar-refractivity contribution is -0.121. The Morgan fingerprint density at radius 2 is 2.10 bits per heavy atom. The molecule has 0 saturated heterocycles. The van der Waals surface area contributed by atoms with Crippen molar-refractivity contribution in [1.29, 1.82) is 0 Å². The Morgan fingerprint density at radius 1 is 1.27 bits per heavy atom. The van der Waals surface area contributed by atoms with Crippen molar-refractivity contribution in [1.82, 2.24) is 0 Å². The number of hydrogen-bond acceptors (Lipinski definition) is 5. The number of nitrogens with zero attached hydrogens (tertiary/aromatic N) is 1. The molecule has 5 atom stereocenters. The van der Waals surface area contributed by atoms with Gasteiger partial charge in [0.15, 0.2) is 11.7 Å². The van der Waals surface area contributed by atoms with Gasteiger partial charge in [0.25, 0.3) is 0 Å². The number of aliphatic imine (C=N–C) groups is 1. The lowest BCUT2D eigenvalue weighted by atomic mass is 9.50. The quantitative estimate of drug-likeness (QED) is 0.339. The van der Waals surface area contributed by atoms with E-state index < -0.39 is 0 Å². The predicted molar refractivity (Wildman–Crippen MR) is 127 cm³/mol. The van der Waals surface area contributed by atoms with Gasteiger partial charge in [-0.15, -0.1) is 0 Å². The molecule has 0 amide bonds. The van der Waals surface area contributed by atoms with E-state index in [-0.39, 0.29) is 29.4 Å². The van der Waals surface area contributed by atoms with E-state index >= 15 is 0 Å². The number of aliphatic hydroxyl groups is 1. The minimum Gasteiger partial charge on any atom is -0.396 e. The lowest BCUT2D eigenvalue weighted by Gasteiger charge is -2.54. The van der Waals surface area contributed by atoms with Crippen LogP contribution in [0.1, 0.15) is 71.1 Å². The Labute approximate surface area is 188 Å². The summed E-state index contributed by atoms with van der Waals surface area (Å²) in [5.41, 5.74) is 14.3. The van der Waals surface area contributed by atoms with Gasteiger partial charge in [0.1, 0.15) is 0 Å². The largest absolute Gasteiger partial charge is 0.396 e. The topological polar surface area (TPSA) is 102 Å². The highest BCUT2D eigenvalue weighted by Gasteiger charge is 2.67. The summed E-state index contributed by atoms with van der Waals surface area (Å²) in [6.45, 7) is 2.75. The van der Waals surface area contributed by atoms with E-state index in [4.69, 9.17) is 11.5 Å². The van der Waals surface area contributed by atoms with Crippen LogP contribution in [0.15, 0.2) is 16.1 Å². The van der Waals surface area contributed by atoms with Crippen molar-refractivity contribution in [3.05, 3.63) is 11.1 Å². The molecule has 4 aliphatic rings. The number of allylic oxidation sites excluding steroid dienone is 2. The van der Waals surface area contributed by atoms with Crippen LogP contribution in [0.2, 0.25) is 0 Å². The monoisotopic (exact) mass is 451 g/mol. The van der Waals surface area contributed by atoms with Crippen molar-refractivity contribution in [2.24, 2.45) is 39.1 Å². The molecule has 1 heterocycles. The fraction of sp³-hybridized carbons (Fsp3) is 0.826. The number of ketones is 1. The molecule has 7 heteroatoms. The molecule has 0 radical (unpaired) electrons. The lowest BCUT2D eigenvalue weighted by Crippen LogP contribution is -2.48. The molecule has 0 aromatic rings. The van der Waals surface area contributed by atoms with Crippen LogP contribution in [-0.4, -0.2) is 41.0 Å². The number of Topliss-reactive ketones (excluding diaryl/α,β-unsaturated/α-hetero) is 1. The van der Waals surface area contributed by atoms with Gasteiger partial charge in [-0.2, -0.15) is 0 Å². The van der Waals surface area contributed by atoms with Crippen LogP contribution in [0, 0.1) is 22.7 Å². The van der Waals surface area contributed by atoms with Gasteiger partial charge < -0.3 is 16.6 Å². The van der Waals surface area contributed by atoms with Crippen molar-refractivity contribution in [3.63, 3.8) is 0 Å². The summed E-state index contributed by atoms with van der Waals surface area (Å²) >= 11 is 0. The summed E-state index contributed by atoms with van der Waals surface area (Å²) in [4.78, 5) is 17.8. The normalized spacial score (nSPS) is 39.3. The van der Waals surface area contributed by atoms with Crippen molar-refractivity contribution in [3.8, 4) is 0 Å². The van der Waals surface area contributed by atoms with Gasteiger partial charge >= 0.3 is 0 Å². The fourth-order valence-electron chi connectivity index (χ4n) is 7.31. The summed E-state index contributed by atoms with van der Waals surface area (Å²) in [5.74, 6) is 3.86. The highest BCUT2D eigenvalue weighted by molar-refractivity contribution is 8.76. The van der Waals surface area contributed by atoms with Crippen molar-refractivity contribution in [2.75, 3.05) is 18.1 Å². The average Bonchev–Trinajstić information content (AvgIpc) is 3.02. The summed E-state index contributed by atoms with van der Waals surface area (Å²) in [7, 11) is 3.84. The molecule has 5 N–H and O–H groups in total. The molecule has 1 aliphatic heterocycles. The van der Waals surface area contributed by atoms with Gasteiger partial charge in [-0.1, -0.05) is 34.1 Å². The Balaban J connectivity index is 1.69. The molecule has 3 aliphatic carbocycles. The van der Waals surface area contributed by atoms with Crippen LogP contribution in [0.4, 0.5) is 0 Å². The van der Waals surface area contributed by atoms with Crippen LogP contribution >= 0.6 is 21.6 Å². The molecule has 0 aromatic carbocycles. The second-order valence-corrected chi connectivity index (χ2v) is 12.6. The van der Waals surface area contributed by atoms with Crippen LogP contribution in [0.3, 0.4) is 0 Å². The van der Waals surface area contributed by atoms with E-state index in [0.29, 0.717) is 17.6 Å². The summed E-state index contributed by atoms with van der Waals surface area (Å²) in [5, 5.41) is 9.51. The predicted octanol–water partition coefficient (Wildman–Crippen LogP) is 4.05. The van der Waals surface area contributed by atoms with Gasteiger partial charge in [0.2, 0.25) is 0 Å². The molecule has 30 heavy (non-hydrogen) atoms. The Morgan fingerprint density at radius 3 is 2.87 bits per heavy atom. The number of nitrogens with two attached hydrogens (primary N) is 2. The summed E-state index contributed by atoms with van der Waals surface area (Å²) in [6.07, 6.45) is 10.2. The Bertz CT molecular complexity index is 736. The maximum Gasteiger partial charge on any atom is 0.186 e. The third-order valence-corrected chi connectivity index (χ3v) is 11.1. The molecular formula is C23H37N3O2S2. The molecule has 4 rings (SSSR count). The van der Waals surface area contributed by atoms with E-state index in [1.54, 1.807) is 0 Å². The second kappa shape index (κ2) is 9.07. The van der Waals surface area contributed by atoms with Gasteiger partial charge in [0, 0.05) is 29.9 Å². The van der Waals surface area contributed by atoms with Gasteiger partial charge in [-0.25, -0.2) is 4.99 Å². The molecule has 1 spiro atoms. The maximum atomic E-state index is 13.3. The zero-order valence-corrected chi connectivity index (χ0v) is 19.8. The Kier molecular flexibility index (Phi) is 6.81. The fourth-order valence-corrected chi connectivity index (χ4v) is 9.80. The maximum absolute atomic E-state index is 13.3. The SMILES string of the molecule is C[C@]12CCSSC[C@@H](N=C(N)N)CCCC3=C4C[C@H]1CC[C@@H](CCCO)[C@@]42CC3=O. The molecule has 2 fully saturated rings.